The molecule has 0 atom stereocenters. The van der Waals surface area contributed by atoms with Gasteiger partial charge in [-0.3, -0.25) is 4.79 Å². The molecule has 2 aromatic carbocycles. The Bertz CT molecular complexity index is 612. The lowest BCUT2D eigenvalue weighted by Crippen LogP contribution is -1.99. The second kappa shape index (κ2) is 5.14. The van der Waals surface area contributed by atoms with E-state index in [9.17, 15) is 4.79 Å². The second-order valence-corrected chi connectivity index (χ2v) is 4.73. The number of ether oxygens (including phenoxy) is 1. The first kappa shape index (κ1) is 13.1. The van der Waals surface area contributed by atoms with Gasteiger partial charge in [-0.1, -0.05) is 6.07 Å². The monoisotopic (exact) mass is 255 g/mol. The van der Waals surface area contributed by atoms with Gasteiger partial charge in [0.25, 0.3) is 0 Å². The van der Waals surface area contributed by atoms with Gasteiger partial charge in [0.2, 0.25) is 0 Å². The van der Waals surface area contributed by atoms with Crippen molar-refractivity contribution in [3.05, 3.63) is 53.1 Å². The maximum Gasteiger partial charge on any atom is 0.162 e. The molecule has 0 bridgehead atoms. The van der Waals surface area contributed by atoms with Crippen molar-refractivity contribution in [1.82, 2.24) is 0 Å². The van der Waals surface area contributed by atoms with Gasteiger partial charge in [0.05, 0.1) is 0 Å². The van der Waals surface area contributed by atoms with E-state index in [2.05, 4.69) is 6.07 Å². The van der Waals surface area contributed by atoms with Crippen LogP contribution in [0, 0.1) is 13.8 Å². The summed E-state index contributed by atoms with van der Waals surface area (Å²) < 4.78 is 5.78. The predicted octanol–water partition coefficient (Wildman–Crippen LogP) is 3.88. The third kappa shape index (κ3) is 3.13. The number of benzene rings is 2. The molecule has 0 heterocycles. The number of carbonyl (C=O) groups excluding carboxylic acids is 1. The summed E-state index contributed by atoms with van der Waals surface area (Å²) in [5.74, 6) is 1.31. The van der Waals surface area contributed by atoms with Crippen molar-refractivity contribution in [2.45, 2.75) is 20.8 Å². The predicted molar refractivity (Wildman–Crippen MR) is 76.8 cm³/mol. The third-order valence-electron chi connectivity index (χ3n) is 2.83. The SMILES string of the molecule is CC(=O)c1cc(Oc2cc(C)cc(C)c2)ccc1N. The summed E-state index contributed by atoms with van der Waals surface area (Å²) >= 11 is 0. The van der Waals surface area contributed by atoms with E-state index in [4.69, 9.17) is 10.5 Å². The van der Waals surface area contributed by atoms with Crippen LogP contribution in [-0.2, 0) is 0 Å². The number of nitrogen functional groups attached to an aromatic ring is 1. The van der Waals surface area contributed by atoms with Crippen LogP contribution in [0.2, 0.25) is 0 Å². The Morgan fingerprint density at radius 2 is 1.63 bits per heavy atom. The zero-order chi connectivity index (χ0) is 14.0. The summed E-state index contributed by atoms with van der Waals surface area (Å²) in [5, 5.41) is 0. The van der Waals surface area contributed by atoms with E-state index >= 15 is 0 Å². The Morgan fingerprint density at radius 3 is 2.21 bits per heavy atom. The van der Waals surface area contributed by atoms with Crippen molar-refractivity contribution in [1.29, 1.82) is 0 Å². The van der Waals surface area contributed by atoms with Crippen molar-refractivity contribution < 1.29 is 9.53 Å². The molecule has 0 saturated heterocycles. The molecule has 19 heavy (non-hydrogen) atoms. The molecular weight excluding hydrogens is 238 g/mol. The summed E-state index contributed by atoms with van der Waals surface area (Å²) in [6.07, 6.45) is 0. The second-order valence-electron chi connectivity index (χ2n) is 4.73. The van der Waals surface area contributed by atoms with Crippen molar-refractivity contribution in [2.75, 3.05) is 5.73 Å². The Morgan fingerprint density at radius 1 is 1.00 bits per heavy atom. The molecule has 0 aromatic heterocycles. The van der Waals surface area contributed by atoms with Gasteiger partial charge in [0.1, 0.15) is 11.5 Å². The van der Waals surface area contributed by atoms with Gasteiger partial charge in [-0.25, -0.2) is 0 Å². The van der Waals surface area contributed by atoms with Gasteiger partial charge in [-0.15, -0.1) is 0 Å². The number of nitrogens with two attached hydrogens (primary N) is 1. The number of Topliss-reactive ketones (excluding diaryl/α,β-unsaturated/α-hetero) is 1. The van der Waals surface area contributed by atoms with Crippen LogP contribution in [0.15, 0.2) is 36.4 Å². The maximum absolute atomic E-state index is 11.4. The van der Waals surface area contributed by atoms with Gasteiger partial charge >= 0.3 is 0 Å². The van der Waals surface area contributed by atoms with Gasteiger partial charge < -0.3 is 10.5 Å². The first-order chi connectivity index (χ1) is 8.95. The molecule has 3 nitrogen and oxygen atoms in total. The summed E-state index contributed by atoms with van der Waals surface area (Å²) in [4.78, 5) is 11.4. The molecular formula is C16H17NO2. The molecule has 0 aliphatic carbocycles. The van der Waals surface area contributed by atoms with Crippen molar-refractivity contribution in [2.24, 2.45) is 0 Å². The zero-order valence-corrected chi connectivity index (χ0v) is 11.4. The summed E-state index contributed by atoms with van der Waals surface area (Å²) in [7, 11) is 0. The lowest BCUT2D eigenvalue weighted by atomic mass is 10.1. The quantitative estimate of drug-likeness (QED) is 0.669. The molecule has 0 saturated carbocycles. The highest BCUT2D eigenvalue weighted by molar-refractivity contribution is 5.99. The Balaban J connectivity index is 2.33. The Labute approximate surface area is 113 Å². The van der Waals surface area contributed by atoms with Crippen LogP contribution in [0.25, 0.3) is 0 Å². The molecule has 0 unspecified atom stereocenters. The normalized spacial score (nSPS) is 10.3. The van der Waals surface area contributed by atoms with Crippen LogP contribution >= 0.6 is 0 Å². The average Bonchev–Trinajstić information content (AvgIpc) is 2.30. The standard InChI is InChI=1S/C16H17NO2/c1-10-6-11(2)8-14(7-10)19-13-4-5-16(17)15(9-13)12(3)18/h4-9H,17H2,1-3H3. The number of rotatable bonds is 3. The molecule has 0 fully saturated rings. The number of ketones is 1. The molecule has 0 aliphatic rings. The minimum Gasteiger partial charge on any atom is -0.457 e. The van der Waals surface area contributed by atoms with E-state index in [1.54, 1.807) is 18.2 Å². The van der Waals surface area contributed by atoms with Crippen LogP contribution in [0.3, 0.4) is 0 Å². The minimum absolute atomic E-state index is 0.0663. The highest BCUT2D eigenvalue weighted by Gasteiger charge is 2.07. The molecule has 0 spiro atoms. The highest BCUT2D eigenvalue weighted by atomic mass is 16.5. The van der Waals surface area contributed by atoms with Crippen LogP contribution in [0.4, 0.5) is 5.69 Å². The molecule has 0 aliphatic heterocycles. The smallest absolute Gasteiger partial charge is 0.162 e. The van der Waals surface area contributed by atoms with E-state index in [1.807, 2.05) is 26.0 Å². The van der Waals surface area contributed by atoms with Gasteiger partial charge in [-0.05, 0) is 62.2 Å². The third-order valence-corrected chi connectivity index (χ3v) is 2.83. The summed E-state index contributed by atoms with van der Waals surface area (Å²) in [6.45, 7) is 5.53. The van der Waals surface area contributed by atoms with Crippen molar-refractivity contribution in [3.63, 3.8) is 0 Å². The fraction of sp³-hybridized carbons (Fsp3) is 0.188. The van der Waals surface area contributed by atoms with Crippen molar-refractivity contribution >= 4 is 11.5 Å². The molecule has 2 N–H and O–H groups in total. The lowest BCUT2D eigenvalue weighted by Gasteiger charge is -2.10. The minimum atomic E-state index is -0.0663. The van der Waals surface area contributed by atoms with Crippen LogP contribution in [-0.4, -0.2) is 5.78 Å². The number of hydrogen-bond donors (Lipinski definition) is 1. The van der Waals surface area contributed by atoms with Crippen LogP contribution in [0.5, 0.6) is 11.5 Å². The zero-order valence-electron chi connectivity index (χ0n) is 11.4. The highest BCUT2D eigenvalue weighted by Crippen LogP contribution is 2.26. The molecule has 2 aromatic rings. The average molecular weight is 255 g/mol. The van der Waals surface area contributed by atoms with Gasteiger partial charge in [-0.2, -0.15) is 0 Å². The van der Waals surface area contributed by atoms with Gasteiger partial charge in [0.15, 0.2) is 5.78 Å². The Kier molecular flexibility index (Phi) is 3.56. The summed E-state index contributed by atoms with van der Waals surface area (Å²) in [6, 6.07) is 11.1. The largest absolute Gasteiger partial charge is 0.457 e. The fourth-order valence-corrected chi connectivity index (χ4v) is 2.03. The van der Waals surface area contributed by atoms with E-state index in [0.29, 0.717) is 17.0 Å². The number of hydrogen-bond acceptors (Lipinski definition) is 3. The topological polar surface area (TPSA) is 52.3 Å². The molecule has 3 heteroatoms. The van der Waals surface area contributed by atoms with Gasteiger partial charge in [0, 0.05) is 11.3 Å². The number of aryl methyl sites for hydroxylation is 2. The van der Waals surface area contributed by atoms with Crippen molar-refractivity contribution in [3.8, 4) is 11.5 Å². The molecule has 0 amide bonds. The first-order valence-electron chi connectivity index (χ1n) is 6.12. The molecule has 2 rings (SSSR count). The van der Waals surface area contributed by atoms with E-state index in [1.165, 1.54) is 6.92 Å². The number of anilines is 1. The van der Waals surface area contributed by atoms with E-state index in [-0.39, 0.29) is 5.78 Å². The Hall–Kier alpha value is -2.29. The van der Waals surface area contributed by atoms with Crippen LogP contribution < -0.4 is 10.5 Å². The maximum atomic E-state index is 11.4. The molecule has 98 valence electrons. The fourth-order valence-electron chi connectivity index (χ4n) is 2.03. The van der Waals surface area contributed by atoms with E-state index < -0.39 is 0 Å². The summed E-state index contributed by atoms with van der Waals surface area (Å²) in [5.41, 5.74) is 8.99. The van der Waals surface area contributed by atoms with E-state index in [0.717, 1.165) is 16.9 Å². The number of carbonyl (C=O) groups is 1. The lowest BCUT2D eigenvalue weighted by molar-refractivity contribution is 0.101. The van der Waals surface area contributed by atoms with Crippen LogP contribution in [0.1, 0.15) is 28.4 Å². The first-order valence-corrected chi connectivity index (χ1v) is 6.12. The molecule has 0 radical (unpaired) electrons.